The standard InChI is InChI=1S/C9H12O2/c1-4-7-5-8(6(7)2)9(10)11-3/h4-6H,1-3H3. The second-order valence-corrected chi connectivity index (χ2v) is 2.60. The first-order valence-corrected chi connectivity index (χ1v) is 3.66. The fraction of sp³-hybridized carbons (Fsp3) is 0.444. The van der Waals surface area contributed by atoms with Crippen molar-refractivity contribution < 1.29 is 9.53 Å². The molecule has 1 unspecified atom stereocenters. The van der Waals surface area contributed by atoms with Gasteiger partial charge in [0.05, 0.1) is 7.11 Å². The Hall–Kier alpha value is -1.05. The Bertz CT molecular complexity index is 236. The van der Waals surface area contributed by atoms with Crippen LogP contribution in [0, 0.1) is 5.92 Å². The molecule has 0 radical (unpaired) electrons. The third-order valence-electron chi connectivity index (χ3n) is 2.04. The monoisotopic (exact) mass is 152 g/mol. The number of rotatable bonds is 1. The predicted molar refractivity (Wildman–Crippen MR) is 43.0 cm³/mol. The van der Waals surface area contributed by atoms with Crippen molar-refractivity contribution in [1.29, 1.82) is 0 Å². The Morgan fingerprint density at radius 2 is 2.36 bits per heavy atom. The normalized spacial score (nSPS) is 25.9. The number of methoxy groups -OCH3 is 1. The highest BCUT2D eigenvalue weighted by Crippen LogP contribution is 2.32. The molecule has 1 aliphatic rings. The summed E-state index contributed by atoms with van der Waals surface area (Å²) in [6.45, 7) is 3.97. The molecule has 1 atom stereocenters. The van der Waals surface area contributed by atoms with E-state index in [1.54, 1.807) is 0 Å². The summed E-state index contributed by atoms with van der Waals surface area (Å²) in [5.74, 6) is 0.0514. The van der Waals surface area contributed by atoms with Gasteiger partial charge < -0.3 is 4.74 Å². The zero-order valence-corrected chi connectivity index (χ0v) is 7.05. The number of carbonyl (C=O) groups is 1. The molecule has 0 spiro atoms. The average Bonchev–Trinajstić information content (AvgIpc) is 2.02. The van der Waals surface area contributed by atoms with E-state index in [1.165, 1.54) is 12.7 Å². The number of allylic oxidation sites excluding steroid dienone is 3. The lowest BCUT2D eigenvalue weighted by Crippen LogP contribution is -2.21. The second kappa shape index (κ2) is 2.91. The summed E-state index contributed by atoms with van der Waals surface area (Å²) in [7, 11) is 1.41. The van der Waals surface area contributed by atoms with Crippen LogP contribution in [0.4, 0.5) is 0 Å². The first-order valence-electron chi connectivity index (χ1n) is 3.66. The van der Waals surface area contributed by atoms with Crippen LogP contribution >= 0.6 is 0 Å². The van der Waals surface area contributed by atoms with Crippen LogP contribution in [0.25, 0.3) is 0 Å². The molecule has 0 aliphatic heterocycles. The lowest BCUT2D eigenvalue weighted by atomic mass is 9.81. The smallest absolute Gasteiger partial charge is 0.334 e. The molecule has 0 N–H and O–H groups in total. The second-order valence-electron chi connectivity index (χ2n) is 2.60. The van der Waals surface area contributed by atoms with E-state index in [0.29, 0.717) is 0 Å². The largest absolute Gasteiger partial charge is 0.466 e. The molecule has 0 saturated carbocycles. The van der Waals surface area contributed by atoms with E-state index in [-0.39, 0.29) is 11.9 Å². The van der Waals surface area contributed by atoms with Crippen molar-refractivity contribution in [3.8, 4) is 0 Å². The molecule has 2 nitrogen and oxygen atoms in total. The van der Waals surface area contributed by atoms with Gasteiger partial charge in [0.15, 0.2) is 0 Å². The molecule has 2 heteroatoms. The molecular weight excluding hydrogens is 140 g/mol. The Kier molecular flexibility index (Phi) is 2.13. The fourth-order valence-corrected chi connectivity index (χ4v) is 1.20. The molecule has 11 heavy (non-hydrogen) atoms. The van der Waals surface area contributed by atoms with Crippen molar-refractivity contribution >= 4 is 5.97 Å². The molecule has 0 aromatic heterocycles. The van der Waals surface area contributed by atoms with Crippen LogP contribution in [-0.2, 0) is 9.53 Å². The van der Waals surface area contributed by atoms with E-state index in [1.807, 2.05) is 26.0 Å². The molecule has 0 bridgehead atoms. The van der Waals surface area contributed by atoms with Crippen LogP contribution in [0.15, 0.2) is 23.3 Å². The summed E-state index contributed by atoms with van der Waals surface area (Å²) in [5, 5.41) is 0. The molecule has 1 aliphatic carbocycles. The van der Waals surface area contributed by atoms with E-state index in [4.69, 9.17) is 0 Å². The van der Waals surface area contributed by atoms with Gasteiger partial charge in [0, 0.05) is 11.5 Å². The highest BCUT2D eigenvalue weighted by molar-refractivity contribution is 5.93. The minimum atomic E-state index is -0.205. The number of hydrogen-bond acceptors (Lipinski definition) is 2. The van der Waals surface area contributed by atoms with Gasteiger partial charge in [-0.2, -0.15) is 0 Å². The van der Waals surface area contributed by atoms with Gasteiger partial charge in [-0.1, -0.05) is 13.0 Å². The van der Waals surface area contributed by atoms with Gasteiger partial charge in [-0.25, -0.2) is 4.79 Å². The maximum Gasteiger partial charge on any atom is 0.334 e. The number of ether oxygens (including phenoxy) is 1. The molecular formula is C9H12O2. The third kappa shape index (κ3) is 1.20. The van der Waals surface area contributed by atoms with Crippen molar-refractivity contribution in [2.75, 3.05) is 7.11 Å². The SMILES string of the molecule is CC=C1C=C(C(=O)OC)C1C. The maximum atomic E-state index is 10.9. The number of esters is 1. The van der Waals surface area contributed by atoms with Crippen LogP contribution in [0.3, 0.4) is 0 Å². The van der Waals surface area contributed by atoms with Crippen LogP contribution in [-0.4, -0.2) is 13.1 Å². The number of hydrogen-bond donors (Lipinski definition) is 0. The van der Waals surface area contributed by atoms with Crippen LogP contribution in [0.5, 0.6) is 0 Å². The van der Waals surface area contributed by atoms with E-state index in [0.717, 1.165) is 5.57 Å². The Balaban J connectivity index is 2.74. The summed E-state index contributed by atoms with van der Waals surface area (Å²) >= 11 is 0. The molecule has 60 valence electrons. The van der Waals surface area contributed by atoms with E-state index in [9.17, 15) is 4.79 Å². The van der Waals surface area contributed by atoms with Crippen LogP contribution in [0.1, 0.15) is 13.8 Å². The molecule has 0 saturated heterocycles. The van der Waals surface area contributed by atoms with Gasteiger partial charge in [-0.15, -0.1) is 0 Å². The van der Waals surface area contributed by atoms with Crippen molar-refractivity contribution in [1.82, 2.24) is 0 Å². The van der Waals surface area contributed by atoms with E-state index < -0.39 is 0 Å². The maximum absolute atomic E-state index is 10.9. The Morgan fingerprint density at radius 3 is 2.73 bits per heavy atom. The molecule has 1 rings (SSSR count). The summed E-state index contributed by atoms with van der Waals surface area (Å²) in [6.07, 6.45) is 3.88. The molecule has 0 aromatic carbocycles. The Morgan fingerprint density at radius 1 is 1.73 bits per heavy atom. The van der Waals surface area contributed by atoms with E-state index in [2.05, 4.69) is 4.74 Å². The molecule has 0 amide bonds. The third-order valence-corrected chi connectivity index (χ3v) is 2.04. The summed E-state index contributed by atoms with van der Waals surface area (Å²) in [5.41, 5.74) is 1.99. The quantitative estimate of drug-likeness (QED) is 0.534. The van der Waals surface area contributed by atoms with Gasteiger partial charge in [0.2, 0.25) is 0 Å². The van der Waals surface area contributed by atoms with Crippen molar-refractivity contribution in [3.63, 3.8) is 0 Å². The number of carbonyl (C=O) groups excluding carboxylic acids is 1. The topological polar surface area (TPSA) is 26.3 Å². The summed E-state index contributed by atoms with van der Waals surface area (Å²) < 4.78 is 4.58. The van der Waals surface area contributed by atoms with Crippen LogP contribution in [0.2, 0.25) is 0 Å². The minimum Gasteiger partial charge on any atom is -0.466 e. The molecule has 0 aromatic rings. The van der Waals surface area contributed by atoms with E-state index >= 15 is 0 Å². The first kappa shape index (κ1) is 8.05. The highest BCUT2D eigenvalue weighted by Gasteiger charge is 2.27. The molecule has 0 fully saturated rings. The van der Waals surface area contributed by atoms with Crippen molar-refractivity contribution in [2.45, 2.75) is 13.8 Å². The average molecular weight is 152 g/mol. The van der Waals surface area contributed by atoms with Gasteiger partial charge in [-0.3, -0.25) is 0 Å². The zero-order chi connectivity index (χ0) is 8.43. The molecule has 0 heterocycles. The Labute approximate surface area is 66.5 Å². The minimum absolute atomic E-state index is 0.205. The van der Waals surface area contributed by atoms with Gasteiger partial charge in [0.25, 0.3) is 0 Å². The van der Waals surface area contributed by atoms with Crippen molar-refractivity contribution in [3.05, 3.63) is 23.3 Å². The lowest BCUT2D eigenvalue weighted by Gasteiger charge is -2.24. The van der Waals surface area contributed by atoms with Crippen molar-refractivity contribution in [2.24, 2.45) is 5.92 Å². The zero-order valence-electron chi connectivity index (χ0n) is 7.05. The van der Waals surface area contributed by atoms with Gasteiger partial charge in [0.1, 0.15) is 0 Å². The first-order chi connectivity index (χ1) is 5.20. The predicted octanol–water partition coefficient (Wildman–Crippen LogP) is 1.68. The summed E-state index contributed by atoms with van der Waals surface area (Å²) in [6, 6.07) is 0. The summed E-state index contributed by atoms with van der Waals surface area (Å²) in [4.78, 5) is 10.9. The lowest BCUT2D eigenvalue weighted by molar-refractivity contribution is -0.136. The highest BCUT2D eigenvalue weighted by atomic mass is 16.5. The van der Waals surface area contributed by atoms with Gasteiger partial charge in [-0.05, 0) is 18.6 Å². The van der Waals surface area contributed by atoms with Gasteiger partial charge >= 0.3 is 5.97 Å². The fourth-order valence-electron chi connectivity index (χ4n) is 1.20. The van der Waals surface area contributed by atoms with Crippen LogP contribution < -0.4 is 0 Å².